The molecule has 2 N–H and O–H groups in total. The summed E-state index contributed by atoms with van der Waals surface area (Å²) in [7, 11) is 0. The SMILES string of the molecule is O=C(O)CN(CC1(O)CCCC1)C1CCCC1. The zero-order valence-electron chi connectivity index (χ0n) is 10.4. The van der Waals surface area contributed by atoms with E-state index in [-0.39, 0.29) is 6.54 Å². The van der Waals surface area contributed by atoms with E-state index in [1.165, 1.54) is 12.8 Å². The Morgan fingerprint density at radius 2 is 1.76 bits per heavy atom. The van der Waals surface area contributed by atoms with Crippen LogP contribution in [0.1, 0.15) is 51.4 Å². The van der Waals surface area contributed by atoms with Crippen LogP contribution >= 0.6 is 0 Å². The molecule has 2 aliphatic carbocycles. The number of rotatable bonds is 5. The van der Waals surface area contributed by atoms with E-state index in [1.807, 2.05) is 4.90 Å². The molecule has 0 aromatic carbocycles. The first-order valence-corrected chi connectivity index (χ1v) is 6.77. The van der Waals surface area contributed by atoms with Crippen LogP contribution in [0.2, 0.25) is 0 Å². The Labute approximate surface area is 103 Å². The third kappa shape index (κ3) is 3.42. The molecule has 4 heteroatoms. The topological polar surface area (TPSA) is 60.8 Å². The minimum atomic E-state index is -0.779. The summed E-state index contributed by atoms with van der Waals surface area (Å²) >= 11 is 0. The number of carboxylic acid groups (broad SMARTS) is 1. The maximum absolute atomic E-state index is 10.9. The van der Waals surface area contributed by atoms with E-state index in [1.54, 1.807) is 0 Å². The monoisotopic (exact) mass is 241 g/mol. The molecule has 17 heavy (non-hydrogen) atoms. The van der Waals surface area contributed by atoms with E-state index in [4.69, 9.17) is 5.11 Å². The van der Waals surface area contributed by atoms with Gasteiger partial charge in [-0.3, -0.25) is 9.69 Å². The summed E-state index contributed by atoms with van der Waals surface area (Å²) < 4.78 is 0. The summed E-state index contributed by atoms with van der Waals surface area (Å²) in [6, 6.07) is 0.371. The van der Waals surface area contributed by atoms with E-state index in [0.29, 0.717) is 12.6 Å². The second-order valence-electron chi connectivity index (χ2n) is 5.67. The van der Waals surface area contributed by atoms with Crippen LogP contribution < -0.4 is 0 Å². The lowest BCUT2D eigenvalue weighted by Crippen LogP contribution is -2.47. The minimum Gasteiger partial charge on any atom is -0.480 e. The maximum atomic E-state index is 10.9. The van der Waals surface area contributed by atoms with Gasteiger partial charge >= 0.3 is 5.97 Å². The van der Waals surface area contributed by atoms with Crippen molar-refractivity contribution >= 4 is 5.97 Å². The maximum Gasteiger partial charge on any atom is 0.317 e. The third-order valence-electron chi connectivity index (χ3n) is 4.21. The van der Waals surface area contributed by atoms with Gasteiger partial charge in [-0.25, -0.2) is 0 Å². The zero-order chi connectivity index (χ0) is 12.3. The fourth-order valence-electron chi connectivity index (χ4n) is 3.33. The first-order chi connectivity index (χ1) is 8.09. The molecule has 0 spiro atoms. The Balaban J connectivity index is 1.96. The highest BCUT2D eigenvalue weighted by atomic mass is 16.4. The standard InChI is InChI=1S/C13H23NO3/c15-12(16)9-14(11-5-1-2-6-11)10-13(17)7-3-4-8-13/h11,17H,1-10H2,(H,15,16). The highest BCUT2D eigenvalue weighted by Crippen LogP contribution is 2.32. The molecule has 0 radical (unpaired) electrons. The predicted octanol–water partition coefficient (Wildman–Crippen LogP) is 1.62. The Kier molecular flexibility index (Phi) is 4.05. The van der Waals surface area contributed by atoms with Crippen LogP contribution in [0.5, 0.6) is 0 Å². The first kappa shape index (κ1) is 12.8. The van der Waals surface area contributed by atoms with Gasteiger partial charge in [-0.2, -0.15) is 0 Å². The van der Waals surface area contributed by atoms with Crippen LogP contribution in [0.4, 0.5) is 0 Å². The van der Waals surface area contributed by atoms with Gasteiger partial charge in [0.25, 0.3) is 0 Å². The van der Waals surface area contributed by atoms with Crippen molar-refractivity contribution < 1.29 is 15.0 Å². The van der Waals surface area contributed by atoms with Crippen LogP contribution in [0.15, 0.2) is 0 Å². The van der Waals surface area contributed by atoms with Crippen molar-refractivity contribution in [2.24, 2.45) is 0 Å². The quantitative estimate of drug-likeness (QED) is 0.768. The lowest BCUT2D eigenvalue weighted by Gasteiger charge is -2.34. The molecule has 0 amide bonds. The van der Waals surface area contributed by atoms with Crippen molar-refractivity contribution in [1.29, 1.82) is 0 Å². The van der Waals surface area contributed by atoms with Crippen LogP contribution in [0, 0.1) is 0 Å². The lowest BCUT2D eigenvalue weighted by molar-refractivity contribution is -0.139. The molecule has 4 nitrogen and oxygen atoms in total. The van der Waals surface area contributed by atoms with E-state index in [9.17, 15) is 9.90 Å². The molecule has 0 aromatic rings. The Morgan fingerprint density at radius 3 is 2.29 bits per heavy atom. The van der Waals surface area contributed by atoms with E-state index >= 15 is 0 Å². The van der Waals surface area contributed by atoms with Gasteiger partial charge in [0.15, 0.2) is 0 Å². The van der Waals surface area contributed by atoms with Gasteiger partial charge in [0.05, 0.1) is 12.1 Å². The van der Waals surface area contributed by atoms with Gasteiger partial charge < -0.3 is 10.2 Å². The Morgan fingerprint density at radius 1 is 1.18 bits per heavy atom. The molecule has 98 valence electrons. The number of hydrogen-bond donors (Lipinski definition) is 2. The Hall–Kier alpha value is -0.610. The molecule has 2 saturated carbocycles. The number of hydrogen-bond acceptors (Lipinski definition) is 3. The van der Waals surface area contributed by atoms with Crippen molar-refractivity contribution in [2.75, 3.05) is 13.1 Å². The molecular formula is C13H23NO3. The lowest BCUT2D eigenvalue weighted by atomic mass is 10.0. The zero-order valence-corrected chi connectivity index (χ0v) is 10.4. The minimum absolute atomic E-state index is 0.0764. The van der Waals surface area contributed by atoms with Crippen molar-refractivity contribution in [3.63, 3.8) is 0 Å². The van der Waals surface area contributed by atoms with Crippen LogP contribution in [0.25, 0.3) is 0 Å². The molecule has 0 aromatic heterocycles. The third-order valence-corrected chi connectivity index (χ3v) is 4.21. The molecule has 2 aliphatic rings. The molecule has 0 atom stereocenters. The average molecular weight is 241 g/mol. The van der Waals surface area contributed by atoms with Crippen molar-refractivity contribution in [3.05, 3.63) is 0 Å². The first-order valence-electron chi connectivity index (χ1n) is 6.77. The Bertz CT molecular complexity index is 268. The number of nitrogens with zero attached hydrogens (tertiary/aromatic N) is 1. The average Bonchev–Trinajstić information content (AvgIpc) is 2.87. The van der Waals surface area contributed by atoms with E-state index in [2.05, 4.69) is 0 Å². The molecule has 0 bridgehead atoms. The highest BCUT2D eigenvalue weighted by molar-refractivity contribution is 5.69. The molecule has 2 fully saturated rings. The van der Waals surface area contributed by atoms with Gasteiger partial charge in [-0.15, -0.1) is 0 Å². The van der Waals surface area contributed by atoms with Gasteiger partial charge in [-0.1, -0.05) is 25.7 Å². The second kappa shape index (κ2) is 5.36. The fourth-order valence-corrected chi connectivity index (χ4v) is 3.33. The summed E-state index contributed by atoms with van der Waals surface area (Å²) in [6.07, 6.45) is 8.36. The molecule has 0 unspecified atom stereocenters. The largest absolute Gasteiger partial charge is 0.480 e. The summed E-state index contributed by atoms with van der Waals surface area (Å²) in [6.45, 7) is 0.622. The predicted molar refractivity (Wildman–Crippen MR) is 64.9 cm³/mol. The molecule has 0 aliphatic heterocycles. The number of carboxylic acids is 1. The van der Waals surface area contributed by atoms with Crippen LogP contribution in [0.3, 0.4) is 0 Å². The van der Waals surface area contributed by atoms with Gasteiger partial charge in [0.1, 0.15) is 0 Å². The number of aliphatic hydroxyl groups is 1. The summed E-state index contributed by atoms with van der Waals surface area (Å²) in [5, 5.41) is 19.4. The summed E-state index contributed by atoms with van der Waals surface area (Å²) in [5.74, 6) is -0.779. The second-order valence-corrected chi connectivity index (χ2v) is 5.67. The molecule has 2 rings (SSSR count). The normalized spacial score (nSPS) is 24.6. The van der Waals surface area contributed by atoms with Crippen molar-refractivity contribution in [1.82, 2.24) is 4.90 Å². The number of carbonyl (C=O) groups is 1. The summed E-state index contributed by atoms with van der Waals surface area (Å²) in [4.78, 5) is 12.9. The van der Waals surface area contributed by atoms with Gasteiger partial charge in [0.2, 0.25) is 0 Å². The molecule has 0 saturated heterocycles. The number of aliphatic carboxylic acids is 1. The van der Waals surface area contributed by atoms with Crippen LogP contribution in [-0.4, -0.2) is 45.8 Å². The van der Waals surface area contributed by atoms with E-state index in [0.717, 1.165) is 38.5 Å². The van der Waals surface area contributed by atoms with E-state index < -0.39 is 11.6 Å². The summed E-state index contributed by atoms with van der Waals surface area (Å²) in [5.41, 5.74) is -0.627. The van der Waals surface area contributed by atoms with Crippen molar-refractivity contribution in [2.45, 2.75) is 63.0 Å². The molecule has 0 heterocycles. The smallest absolute Gasteiger partial charge is 0.317 e. The van der Waals surface area contributed by atoms with Crippen LogP contribution in [-0.2, 0) is 4.79 Å². The van der Waals surface area contributed by atoms with Gasteiger partial charge in [0, 0.05) is 12.6 Å². The van der Waals surface area contributed by atoms with Crippen molar-refractivity contribution in [3.8, 4) is 0 Å². The fraction of sp³-hybridized carbons (Fsp3) is 0.923. The highest BCUT2D eigenvalue weighted by Gasteiger charge is 2.36. The van der Waals surface area contributed by atoms with Gasteiger partial charge in [-0.05, 0) is 25.7 Å². The molecular weight excluding hydrogens is 218 g/mol.